The van der Waals surface area contributed by atoms with Gasteiger partial charge in [-0.15, -0.1) is 11.3 Å². The molecule has 0 bridgehead atoms. The predicted octanol–water partition coefficient (Wildman–Crippen LogP) is 3.87. The largest absolute Gasteiger partial charge is 0.363 e. The van der Waals surface area contributed by atoms with Crippen LogP contribution in [-0.2, 0) is 9.59 Å². The van der Waals surface area contributed by atoms with Crippen LogP contribution in [0.5, 0.6) is 0 Å². The van der Waals surface area contributed by atoms with Gasteiger partial charge >= 0.3 is 0 Å². The molecule has 0 saturated carbocycles. The van der Waals surface area contributed by atoms with Crippen LogP contribution in [0.3, 0.4) is 0 Å². The summed E-state index contributed by atoms with van der Waals surface area (Å²) in [5.41, 5.74) is 3.69. The molecule has 2 aliphatic heterocycles. The smallest absolute Gasteiger partial charge is 0.282 e. The summed E-state index contributed by atoms with van der Waals surface area (Å²) in [6.45, 7) is 6.73. The molecular weight excluding hydrogens is 420 g/mol. The first-order chi connectivity index (χ1) is 15.5. The molecule has 1 aromatic carbocycles. The fourth-order valence-corrected chi connectivity index (χ4v) is 5.19. The Kier molecular flexibility index (Phi) is 5.27. The van der Waals surface area contributed by atoms with E-state index in [0.717, 1.165) is 34.9 Å². The van der Waals surface area contributed by atoms with Crippen molar-refractivity contribution in [3.63, 3.8) is 0 Å². The van der Waals surface area contributed by atoms with E-state index in [1.54, 1.807) is 6.20 Å². The van der Waals surface area contributed by atoms with E-state index in [1.165, 1.54) is 16.2 Å². The number of nitrogens with zero attached hydrogens (tertiary/aromatic N) is 4. The maximum Gasteiger partial charge on any atom is 0.282 e. The Balaban J connectivity index is 1.49. The van der Waals surface area contributed by atoms with Crippen LogP contribution < -0.4 is 9.80 Å². The molecule has 0 unspecified atom stereocenters. The zero-order chi connectivity index (χ0) is 22.2. The van der Waals surface area contributed by atoms with Gasteiger partial charge in [0.1, 0.15) is 11.5 Å². The van der Waals surface area contributed by atoms with Gasteiger partial charge in [-0.25, -0.2) is 9.88 Å². The molecule has 0 spiro atoms. The number of hydrogen-bond acceptors (Lipinski definition) is 6. The Morgan fingerprint density at radius 3 is 2.31 bits per heavy atom. The molecule has 1 fully saturated rings. The second-order valence-electron chi connectivity index (χ2n) is 8.10. The summed E-state index contributed by atoms with van der Waals surface area (Å²) in [4.78, 5) is 38.2. The number of carbonyl (C=O) groups excluding carboxylic acids is 2. The molecule has 7 heteroatoms. The molecule has 32 heavy (non-hydrogen) atoms. The molecule has 1 saturated heterocycles. The van der Waals surface area contributed by atoms with Crippen molar-refractivity contribution in [3.05, 3.63) is 81.8 Å². The van der Waals surface area contributed by atoms with Crippen molar-refractivity contribution in [1.29, 1.82) is 0 Å². The van der Waals surface area contributed by atoms with E-state index in [-0.39, 0.29) is 11.8 Å². The predicted molar refractivity (Wildman–Crippen MR) is 128 cm³/mol. The minimum atomic E-state index is -0.244. The topological polar surface area (TPSA) is 56.8 Å². The van der Waals surface area contributed by atoms with Crippen LogP contribution in [0, 0.1) is 13.8 Å². The van der Waals surface area contributed by atoms with Gasteiger partial charge < -0.3 is 9.80 Å². The minimum Gasteiger partial charge on any atom is -0.363 e. The van der Waals surface area contributed by atoms with E-state index >= 15 is 0 Å². The van der Waals surface area contributed by atoms with Crippen LogP contribution in [0.4, 0.5) is 11.5 Å². The Bertz CT molecular complexity index is 1200. The third-order valence-corrected chi connectivity index (χ3v) is 6.88. The Morgan fingerprint density at radius 2 is 1.66 bits per heavy atom. The highest BCUT2D eigenvalue weighted by atomic mass is 32.1. The van der Waals surface area contributed by atoms with Gasteiger partial charge in [0.2, 0.25) is 0 Å². The van der Waals surface area contributed by atoms with Crippen LogP contribution in [0.1, 0.15) is 16.0 Å². The van der Waals surface area contributed by atoms with Crippen molar-refractivity contribution in [2.45, 2.75) is 13.8 Å². The maximum absolute atomic E-state index is 13.7. The van der Waals surface area contributed by atoms with E-state index < -0.39 is 0 Å². The van der Waals surface area contributed by atoms with Crippen LogP contribution in [0.25, 0.3) is 5.57 Å². The fraction of sp³-hybridized carbons (Fsp3) is 0.240. The van der Waals surface area contributed by atoms with Crippen molar-refractivity contribution in [2.24, 2.45) is 0 Å². The molecule has 0 N–H and O–H groups in total. The summed E-state index contributed by atoms with van der Waals surface area (Å²) in [5, 5.41) is 1.94. The number of imide groups is 1. The summed E-state index contributed by atoms with van der Waals surface area (Å²) >= 11 is 1.49. The molecule has 0 atom stereocenters. The molecule has 5 rings (SSSR count). The van der Waals surface area contributed by atoms with Crippen LogP contribution in [0.2, 0.25) is 0 Å². The van der Waals surface area contributed by atoms with Gasteiger partial charge in [0.15, 0.2) is 0 Å². The number of amides is 2. The number of rotatable bonds is 4. The summed E-state index contributed by atoms with van der Waals surface area (Å²) in [6.07, 6.45) is 1.79. The number of aryl methyl sites for hydroxylation is 2. The second-order valence-corrected chi connectivity index (χ2v) is 9.05. The summed E-state index contributed by atoms with van der Waals surface area (Å²) in [7, 11) is 0. The zero-order valence-electron chi connectivity index (χ0n) is 18.1. The summed E-state index contributed by atoms with van der Waals surface area (Å²) in [6, 6.07) is 15.5. The average Bonchev–Trinajstić information content (AvgIpc) is 3.41. The number of hydrogen-bond donors (Lipinski definition) is 0. The van der Waals surface area contributed by atoms with Gasteiger partial charge in [0, 0.05) is 37.3 Å². The molecule has 3 aromatic rings. The van der Waals surface area contributed by atoms with Gasteiger partial charge in [-0.05, 0) is 49.1 Å². The van der Waals surface area contributed by atoms with Crippen LogP contribution in [-0.4, -0.2) is 47.9 Å². The molecule has 2 aromatic heterocycles. The average molecular weight is 445 g/mol. The number of piperazine rings is 1. The number of benzene rings is 1. The third kappa shape index (κ3) is 3.48. The Hall–Kier alpha value is -3.45. The molecule has 2 aliphatic rings. The lowest BCUT2D eigenvalue weighted by molar-refractivity contribution is -0.120. The number of thiophene rings is 1. The number of pyridine rings is 1. The number of aromatic nitrogens is 1. The lowest BCUT2D eigenvalue weighted by Crippen LogP contribution is -2.48. The number of anilines is 2. The van der Waals surface area contributed by atoms with E-state index in [4.69, 9.17) is 0 Å². The van der Waals surface area contributed by atoms with Crippen molar-refractivity contribution in [2.75, 3.05) is 36.0 Å². The van der Waals surface area contributed by atoms with Gasteiger partial charge in [-0.1, -0.05) is 29.8 Å². The van der Waals surface area contributed by atoms with E-state index in [0.29, 0.717) is 30.0 Å². The summed E-state index contributed by atoms with van der Waals surface area (Å²) < 4.78 is 0. The van der Waals surface area contributed by atoms with Crippen molar-refractivity contribution in [3.8, 4) is 0 Å². The first-order valence-electron chi connectivity index (χ1n) is 10.7. The van der Waals surface area contributed by atoms with E-state index in [9.17, 15) is 9.59 Å². The third-order valence-electron chi connectivity index (χ3n) is 5.99. The molecule has 6 nitrogen and oxygen atoms in total. The SMILES string of the molecule is Cc1ccc(N2C(=O)C(c3cccs3)=C(N3CCN(c4ccccn4)CC3)C2=O)c(C)c1. The van der Waals surface area contributed by atoms with E-state index in [1.807, 2.05) is 67.8 Å². The normalized spacial score (nSPS) is 17.0. The Labute approximate surface area is 191 Å². The standard InChI is InChI=1S/C25H24N4O2S/c1-17-8-9-19(18(2)16-17)29-24(30)22(20-6-5-15-32-20)23(25(29)31)28-13-11-27(12-14-28)21-7-3-4-10-26-21/h3-10,15-16H,11-14H2,1-2H3. The zero-order valence-corrected chi connectivity index (χ0v) is 18.9. The summed E-state index contributed by atoms with van der Waals surface area (Å²) in [5.74, 6) is 0.452. The monoisotopic (exact) mass is 444 g/mol. The van der Waals surface area contributed by atoms with Gasteiger partial charge in [0.25, 0.3) is 11.8 Å². The quantitative estimate of drug-likeness (QED) is 0.572. The van der Waals surface area contributed by atoms with Crippen molar-refractivity contribution in [1.82, 2.24) is 9.88 Å². The highest BCUT2D eigenvalue weighted by Crippen LogP contribution is 2.38. The van der Waals surface area contributed by atoms with Crippen molar-refractivity contribution >= 4 is 40.2 Å². The second kappa shape index (κ2) is 8.24. The molecule has 0 aliphatic carbocycles. The van der Waals surface area contributed by atoms with Crippen molar-refractivity contribution < 1.29 is 9.59 Å². The van der Waals surface area contributed by atoms with E-state index in [2.05, 4.69) is 14.8 Å². The molecule has 4 heterocycles. The van der Waals surface area contributed by atoms with Crippen LogP contribution in [0.15, 0.2) is 65.8 Å². The lowest BCUT2D eigenvalue weighted by atomic mass is 10.1. The Morgan fingerprint density at radius 1 is 0.875 bits per heavy atom. The molecular formula is C25H24N4O2S. The van der Waals surface area contributed by atoms with Gasteiger partial charge in [-0.2, -0.15) is 0 Å². The fourth-order valence-electron chi connectivity index (χ4n) is 4.43. The first-order valence-corrected chi connectivity index (χ1v) is 11.6. The molecule has 2 amide bonds. The highest BCUT2D eigenvalue weighted by molar-refractivity contribution is 7.11. The molecule has 162 valence electrons. The maximum atomic E-state index is 13.7. The van der Waals surface area contributed by atoms with Crippen LogP contribution >= 0.6 is 11.3 Å². The van der Waals surface area contributed by atoms with Gasteiger partial charge in [-0.3, -0.25) is 9.59 Å². The minimum absolute atomic E-state index is 0.239. The molecule has 0 radical (unpaired) electrons. The highest BCUT2D eigenvalue weighted by Gasteiger charge is 2.43. The first kappa shape index (κ1) is 20.5. The van der Waals surface area contributed by atoms with Gasteiger partial charge in [0.05, 0.1) is 11.3 Å². The lowest BCUT2D eigenvalue weighted by Gasteiger charge is -2.37. The number of carbonyl (C=O) groups is 2.